The molecule has 0 aliphatic heterocycles. The molecule has 0 aliphatic rings. The Balaban J connectivity index is 0.000000244. The number of rotatable bonds is 2. The molecule has 0 spiro atoms. The lowest BCUT2D eigenvalue weighted by Gasteiger charge is -2.09. The predicted octanol–water partition coefficient (Wildman–Crippen LogP) is 9.32. The minimum absolute atomic E-state index is 0.496. The molecule has 0 atom stereocenters. The standard InChI is InChI=1S/C12H7Cl4NS.C6H4Cl2S/c13-6-1-2-11(8(14)3-6)18-12-9(15)4-7(17)5-10(12)16;7-4-1-2-6(9)5(8)3-4/h1-5H,17H2;1-3,9H. The smallest absolute Gasteiger partial charge is 0.0581 e. The summed E-state index contributed by atoms with van der Waals surface area (Å²) in [4.78, 5) is 2.30. The molecule has 0 heterocycles. The van der Waals surface area contributed by atoms with Crippen LogP contribution in [0.3, 0.4) is 0 Å². The predicted molar refractivity (Wildman–Crippen MR) is 125 cm³/mol. The van der Waals surface area contributed by atoms with E-state index >= 15 is 0 Å². The van der Waals surface area contributed by atoms with Gasteiger partial charge in [0, 0.05) is 30.4 Å². The lowest BCUT2D eigenvalue weighted by atomic mass is 10.3. The monoisotopic (exact) mass is 515 g/mol. The summed E-state index contributed by atoms with van der Waals surface area (Å²) in [6.07, 6.45) is 0. The van der Waals surface area contributed by atoms with E-state index in [0.717, 1.165) is 14.7 Å². The van der Waals surface area contributed by atoms with E-state index in [1.807, 2.05) is 6.07 Å². The third-order valence-electron chi connectivity index (χ3n) is 3.04. The van der Waals surface area contributed by atoms with Gasteiger partial charge in [-0.15, -0.1) is 12.6 Å². The van der Waals surface area contributed by atoms with Gasteiger partial charge in [0.25, 0.3) is 0 Å². The van der Waals surface area contributed by atoms with Crippen molar-refractivity contribution in [3.8, 4) is 0 Å². The maximum absolute atomic E-state index is 6.11. The van der Waals surface area contributed by atoms with Gasteiger partial charge in [0.2, 0.25) is 0 Å². The largest absolute Gasteiger partial charge is 0.399 e. The summed E-state index contributed by atoms with van der Waals surface area (Å²) in [6, 6.07) is 13.7. The molecule has 27 heavy (non-hydrogen) atoms. The number of nitrogens with two attached hydrogens (primary N) is 1. The van der Waals surface area contributed by atoms with E-state index in [-0.39, 0.29) is 0 Å². The van der Waals surface area contributed by atoms with Gasteiger partial charge in [0.1, 0.15) is 0 Å². The second kappa shape index (κ2) is 10.6. The summed E-state index contributed by atoms with van der Waals surface area (Å²) in [5.41, 5.74) is 6.17. The van der Waals surface area contributed by atoms with Crippen molar-refractivity contribution in [1.29, 1.82) is 0 Å². The average molecular weight is 518 g/mol. The Morgan fingerprint density at radius 3 is 1.67 bits per heavy atom. The van der Waals surface area contributed by atoms with Crippen LogP contribution in [0.4, 0.5) is 5.69 Å². The highest BCUT2D eigenvalue weighted by Crippen LogP contribution is 2.42. The van der Waals surface area contributed by atoms with Crippen LogP contribution in [0.15, 0.2) is 63.2 Å². The van der Waals surface area contributed by atoms with Gasteiger partial charge in [0.15, 0.2) is 0 Å². The van der Waals surface area contributed by atoms with Crippen LogP contribution in [0.25, 0.3) is 0 Å². The van der Waals surface area contributed by atoms with Crippen molar-refractivity contribution in [2.24, 2.45) is 0 Å². The Morgan fingerprint density at radius 1 is 0.667 bits per heavy atom. The molecule has 0 aromatic heterocycles. The summed E-state index contributed by atoms with van der Waals surface area (Å²) < 4.78 is 0. The molecule has 0 fully saturated rings. The SMILES string of the molecule is Nc1cc(Cl)c(Sc2ccc(Cl)cc2Cl)c(Cl)c1.Sc1ccc(Cl)cc1Cl. The van der Waals surface area contributed by atoms with E-state index in [4.69, 9.17) is 75.3 Å². The van der Waals surface area contributed by atoms with E-state index in [1.165, 1.54) is 11.8 Å². The average Bonchev–Trinajstić information content (AvgIpc) is 2.57. The molecule has 3 aromatic rings. The molecule has 9 heteroatoms. The normalized spacial score (nSPS) is 10.3. The van der Waals surface area contributed by atoms with Crippen LogP contribution >= 0.6 is 94.0 Å². The van der Waals surface area contributed by atoms with Gasteiger partial charge >= 0.3 is 0 Å². The van der Waals surface area contributed by atoms with Gasteiger partial charge in [-0.1, -0.05) is 81.4 Å². The summed E-state index contributed by atoms with van der Waals surface area (Å²) >= 11 is 40.8. The van der Waals surface area contributed by atoms with Crippen molar-refractivity contribution in [2.75, 3.05) is 5.73 Å². The van der Waals surface area contributed by atoms with E-state index in [1.54, 1.807) is 42.5 Å². The second-order valence-electron chi connectivity index (χ2n) is 5.09. The van der Waals surface area contributed by atoms with Crippen LogP contribution < -0.4 is 5.73 Å². The number of halogens is 6. The highest BCUT2D eigenvalue weighted by molar-refractivity contribution is 7.99. The molecule has 0 bridgehead atoms. The summed E-state index contributed by atoms with van der Waals surface area (Å²) in [7, 11) is 0. The fraction of sp³-hybridized carbons (Fsp3) is 0. The van der Waals surface area contributed by atoms with Crippen molar-refractivity contribution in [3.63, 3.8) is 0 Å². The zero-order valence-electron chi connectivity index (χ0n) is 13.3. The zero-order valence-corrected chi connectivity index (χ0v) is 19.6. The molecule has 0 unspecified atom stereocenters. The minimum atomic E-state index is 0.496. The Kier molecular flexibility index (Phi) is 9.11. The quantitative estimate of drug-likeness (QED) is 0.261. The molecule has 1 nitrogen and oxygen atoms in total. The van der Waals surface area contributed by atoms with Gasteiger partial charge in [-0.25, -0.2) is 0 Å². The summed E-state index contributed by atoms with van der Waals surface area (Å²) in [5, 5.41) is 3.35. The van der Waals surface area contributed by atoms with Gasteiger partial charge in [0.05, 0.1) is 20.1 Å². The van der Waals surface area contributed by atoms with Gasteiger partial charge in [-0.3, -0.25) is 0 Å². The van der Waals surface area contributed by atoms with Gasteiger partial charge < -0.3 is 5.73 Å². The first-order valence-electron chi connectivity index (χ1n) is 7.19. The van der Waals surface area contributed by atoms with Crippen molar-refractivity contribution >= 4 is 99.7 Å². The Labute approximate surface area is 197 Å². The van der Waals surface area contributed by atoms with Crippen LogP contribution in [0.2, 0.25) is 30.1 Å². The fourth-order valence-electron chi connectivity index (χ4n) is 1.83. The topological polar surface area (TPSA) is 26.0 Å². The first kappa shape index (κ1) is 23.2. The molecule has 3 rings (SSSR count). The molecule has 0 saturated carbocycles. The highest BCUT2D eigenvalue weighted by Gasteiger charge is 2.11. The van der Waals surface area contributed by atoms with Crippen molar-refractivity contribution < 1.29 is 0 Å². The number of nitrogen functional groups attached to an aromatic ring is 1. The third kappa shape index (κ3) is 7.02. The molecule has 0 radical (unpaired) electrons. The molecule has 3 aromatic carbocycles. The molecular formula is C18H11Cl6NS2. The zero-order chi connectivity index (χ0) is 20.1. The van der Waals surface area contributed by atoms with Crippen molar-refractivity contribution in [3.05, 3.63) is 78.7 Å². The lowest BCUT2D eigenvalue weighted by molar-refractivity contribution is 1.41. The van der Waals surface area contributed by atoms with Gasteiger partial charge in [-0.2, -0.15) is 0 Å². The third-order valence-corrected chi connectivity index (χ3v) is 6.81. The first-order valence-corrected chi connectivity index (χ1v) is 10.7. The number of thiol groups is 1. The van der Waals surface area contributed by atoms with Crippen LogP contribution in [0.1, 0.15) is 0 Å². The fourth-order valence-corrected chi connectivity index (χ4v) is 4.46. The van der Waals surface area contributed by atoms with Crippen LogP contribution in [0, 0.1) is 0 Å². The molecule has 2 N–H and O–H groups in total. The van der Waals surface area contributed by atoms with Gasteiger partial charge in [-0.05, 0) is 48.5 Å². The Bertz CT molecular complexity index is 942. The summed E-state index contributed by atoms with van der Waals surface area (Å²) in [5.74, 6) is 0. The molecule has 0 saturated heterocycles. The van der Waals surface area contributed by atoms with Crippen molar-refractivity contribution in [2.45, 2.75) is 14.7 Å². The van der Waals surface area contributed by atoms with E-state index in [9.17, 15) is 0 Å². The summed E-state index contributed by atoms with van der Waals surface area (Å²) in [6.45, 7) is 0. The molecule has 142 valence electrons. The van der Waals surface area contributed by atoms with Crippen LogP contribution in [-0.4, -0.2) is 0 Å². The number of hydrogen-bond acceptors (Lipinski definition) is 3. The van der Waals surface area contributed by atoms with E-state index in [2.05, 4.69) is 12.6 Å². The number of hydrogen-bond donors (Lipinski definition) is 2. The Morgan fingerprint density at radius 2 is 1.19 bits per heavy atom. The maximum atomic E-state index is 6.11. The van der Waals surface area contributed by atoms with Crippen molar-refractivity contribution in [1.82, 2.24) is 0 Å². The van der Waals surface area contributed by atoms with E-state index < -0.39 is 0 Å². The maximum Gasteiger partial charge on any atom is 0.0581 e. The Hall–Kier alpha value is -0.100. The minimum Gasteiger partial charge on any atom is -0.399 e. The highest BCUT2D eigenvalue weighted by atomic mass is 35.5. The lowest BCUT2D eigenvalue weighted by Crippen LogP contribution is -1.87. The van der Waals surface area contributed by atoms with E-state index in [0.29, 0.717) is 35.8 Å². The number of anilines is 1. The number of benzene rings is 3. The first-order chi connectivity index (χ1) is 12.7. The van der Waals surface area contributed by atoms with Crippen LogP contribution in [-0.2, 0) is 0 Å². The molecule has 0 amide bonds. The van der Waals surface area contributed by atoms with Crippen LogP contribution in [0.5, 0.6) is 0 Å². The second-order valence-corrected chi connectivity index (χ2v) is 9.12. The molecular weight excluding hydrogens is 507 g/mol. The molecule has 0 aliphatic carbocycles.